The number of hydrogen-bond acceptors (Lipinski definition) is 3. The zero-order valence-electron chi connectivity index (χ0n) is 11.7. The number of nitrogens with two attached hydrogens (primary N) is 1. The Morgan fingerprint density at radius 2 is 1.74 bits per heavy atom. The maximum Gasteiger partial charge on any atom is 0.138 e. The van der Waals surface area contributed by atoms with E-state index in [0.717, 1.165) is 24.2 Å². The van der Waals surface area contributed by atoms with Crippen molar-refractivity contribution in [3.63, 3.8) is 0 Å². The molecule has 0 amide bonds. The number of ether oxygens (including phenoxy) is 2. The van der Waals surface area contributed by atoms with E-state index in [1.807, 2.05) is 12.1 Å². The number of benzene rings is 1. The third-order valence-corrected chi connectivity index (χ3v) is 4.54. The first-order chi connectivity index (χ1) is 9.16. The van der Waals surface area contributed by atoms with Gasteiger partial charge >= 0.3 is 0 Å². The summed E-state index contributed by atoms with van der Waals surface area (Å²) in [5.74, 6) is 1.51. The first-order valence-corrected chi connectivity index (χ1v) is 7.17. The van der Waals surface area contributed by atoms with Gasteiger partial charge in [0, 0.05) is 23.6 Å². The molecule has 1 aromatic rings. The molecule has 0 atom stereocenters. The maximum atomic E-state index is 6.17. The average Bonchev–Trinajstić information content (AvgIpc) is 2.47. The summed E-state index contributed by atoms with van der Waals surface area (Å²) in [5.41, 5.74) is 7.23. The molecule has 0 aliphatic heterocycles. The molecule has 0 radical (unpaired) electrons. The van der Waals surface area contributed by atoms with E-state index in [4.69, 9.17) is 26.8 Å². The lowest BCUT2D eigenvalue weighted by Crippen LogP contribution is -2.37. The summed E-state index contributed by atoms with van der Waals surface area (Å²) in [7, 11) is 3.31. The van der Waals surface area contributed by atoms with Gasteiger partial charge in [0.2, 0.25) is 0 Å². The van der Waals surface area contributed by atoms with Crippen LogP contribution in [0.15, 0.2) is 12.1 Å². The van der Waals surface area contributed by atoms with Gasteiger partial charge in [-0.25, -0.2) is 0 Å². The number of rotatable bonds is 4. The smallest absolute Gasteiger partial charge is 0.138 e. The molecule has 1 aliphatic carbocycles. The first kappa shape index (κ1) is 14.5. The molecule has 0 aromatic heterocycles. The molecule has 1 saturated carbocycles. The molecule has 0 bridgehead atoms. The molecule has 3 nitrogen and oxygen atoms in total. The molecule has 1 fully saturated rings. The summed E-state index contributed by atoms with van der Waals surface area (Å²) in [4.78, 5) is 0. The molecule has 2 rings (SSSR count). The second-order valence-electron chi connectivity index (χ2n) is 5.23. The van der Waals surface area contributed by atoms with E-state index in [1.165, 1.54) is 19.3 Å². The van der Waals surface area contributed by atoms with E-state index in [1.54, 1.807) is 14.2 Å². The van der Waals surface area contributed by atoms with Gasteiger partial charge in [0.1, 0.15) is 11.5 Å². The van der Waals surface area contributed by atoms with Crippen LogP contribution in [0.25, 0.3) is 0 Å². The molecule has 4 heteroatoms. The van der Waals surface area contributed by atoms with Crippen LogP contribution in [0, 0.1) is 0 Å². The van der Waals surface area contributed by atoms with Gasteiger partial charge in [0.05, 0.1) is 19.2 Å². The minimum atomic E-state index is 0.00145. The van der Waals surface area contributed by atoms with Crippen molar-refractivity contribution < 1.29 is 9.47 Å². The fourth-order valence-corrected chi connectivity index (χ4v) is 3.32. The van der Waals surface area contributed by atoms with Crippen LogP contribution in [0.5, 0.6) is 11.5 Å². The summed E-state index contributed by atoms with van der Waals surface area (Å²) in [6, 6.07) is 3.83. The van der Waals surface area contributed by atoms with E-state index in [2.05, 4.69) is 0 Å². The van der Waals surface area contributed by atoms with Gasteiger partial charge in [-0.3, -0.25) is 0 Å². The van der Waals surface area contributed by atoms with Crippen LogP contribution in [0.3, 0.4) is 0 Å². The second kappa shape index (κ2) is 6.02. The molecule has 2 N–H and O–H groups in total. The van der Waals surface area contributed by atoms with Crippen molar-refractivity contribution in [3.8, 4) is 11.5 Å². The van der Waals surface area contributed by atoms with Crippen molar-refractivity contribution in [2.24, 2.45) is 5.73 Å². The molecule has 106 valence electrons. The van der Waals surface area contributed by atoms with Crippen LogP contribution in [0.1, 0.15) is 37.7 Å². The van der Waals surface area contributed by atoms with E-state index in [9.17, 15) is 0 Å². The van der Waals surface area contributed by atoms with Crippen LogP contribution in [0.2, 0.25) is 5.02 Å². The Bertz CT molecular complexity index is 442. The Balaban J connectivity index is 2.51. The van der Waals surface area contributed by atoms with E-state index >= 15 is 0 Å². The van der Waals surface area contributed by atoms with Gasteiger partial charge < -0.3 is 15.2 Å². The summed E-state index contributed by atoms with van der Waals surface area (Å²) >= 11 is 6.17. The Labute approximate surface area is 120 Å². The molecular formula is C15H22ClNO2. The summed E-state index contributed by atoms with van der Waals surface area (Å²) in [5, 5.41) is 0.575. The van der Waals surface area contributed by atoms with Crippen LogP contribution in [0.4, 0.5) is 0 Å². The molecule has 1 aliphatic rings. The van der Waals surface area contributed by atoms with Crippen molar-refractivity contribution in [1.82, 2.24) is 0 Å². The summed E-state index contributed by atoms with van der Waals surface area (Å²) < 4.78 is 10.8. The summed E-state index contributed by atoms with van der Waals surface area (Å²) in [6.45, 7) is 0.633. The molecule has 0 spiro atoms. The lowest BCUT2D eigenvalue weighted by molar-refractivity contribution is 0.286. The Morgan fingerprint density at radius 1 is 1.11 bits per heavy atom. The molecule has 0 heterocycles. The van der Waals surface area contributed by atoms with Gasteiger partial charge in [-0.2, -0.15) is 0 Å². The standard InChI is InChI=1S/C15H22ClNO2/c1-18-13-9-12(16)14(19-2)8-11(13)15(10-17)6-4-3-5-7-15/h8-9H,3-7,10,17H2,1-2H3. The second-order valence-corrected chi connectivity index (χ2v) is 5.64. The molecule has 19 heavy (non-hydrogen) atoms. The third-order valence-electron chi connectivity index (χ3n) is 4.25. The largest absolute Gasteiger partial charge is 0.496 e. The normalized spacial score (nSPS) is 18.1. The lowest BCUT2D eigenvalue weighted by atomic mass is 9.69. The lowest BCUT2D eigenvalue weighted by Gasteiger charge is -2.37. The number of halogens is 1. The SMILES string of the molecule is COc1cc(C2(CN)CCCCC2)c(OC)cc1Cl. The van der Waals surface area contributed by atoms with Crippen LogP contribution in [-0.2, 0) is 5.41 Å². The highest BCUT2D eigenvalue weighted by Crippen LogP contribution is 2.45. The fourth-order valence-electron chi connectivity index (χ4n) is 3.09. The fraction of sp³-hybridized carbons (Fsp3) is 0.600. The highest BCUT2D eigenvalue weighted by Gasteiger charge is 2.35. The molecule has 0 unspecified atom stereocenters. The topological polar surface area (TPSA) is 44.5 Å². The Kier molecular flexibility index (Phi) is 4.58. The minimum absolute atomic E-state index is 0.00145. The Morgan fingerprint density at radius 3 is 2.26 bits per heavy atom. The van der Waals surface area contributed by atoms with Crippen molar-refractivity contribution in [1.29, 1.82) is 0 Å². The zero-order valence-corrected chi connectivity index (χ0v) is 12.4. The maximum absolute atomic E-state index is 6.17. The highest BCUT2D eigenvalue weighted by atomic mass is 35.5. The number of methoxy groups -OCH3 is 2. The molecule has 1 aromatic carbocycles. The van der Waals surface area contributed by atoms with Crippen molar-refractivity contribution in [2.45, 2.75) is 37.5 Å². The highest BCUT2D eigenvalue weighted by molar-refractivity contribution is 6.32. The van der Waals surface area contributed by atoms with Crippen molar-refractivity contribution in [2.75, 3.05) is 20.8 Å². The van der Waals surface area contributed by atoms with Crippen molar-refractivity contribution >= 4 is 11.6 Å². The first-order valence-electron chi connectivity index (χ1n) is 6.79. The van der Waals surface area contributed by atoms with Gasteiger partial charge in [-0.1, -0.05) is 30.9 Å². The quantitative estimate of drug-likeness (QED) is 0.919. The van der Waals surface area contributed by atoms with E-state index in [0.29, 0.717) is 17.3 Å². The molecule has 0 saturated heterocycles. The van der Waals surface area contributed by atoms with E-state index in [-0.39, 0.29) is 5.41 Å². The predicted molar refractivity (Wildman–Crippen MR) is 78.4 cm³/mol. The predicted octanol–water partition coefficient (Wildman–Crippen LogP) is 3.52. The minimum Gasteiger partial charge on any atom is -0.496 e. The van der Waals surface area contributed by atoms with Crippen LogP contribution >= 0.6 is 11.6 Å². The van der Waals surface area contributed by atoms with Gasteiger partial charge in [0.25, 0.3) is 0 Å². The van der Waals surface area contributed by atoms with Gasteiger partial charge in [-0.05, 0) is 18.9 Å². The zero-order chi connectivity index (χ0) is 13.9. The van der Waals surface area contributed by atoms with Crippen molar-refractivity contribution in [3.05, 3.63) is 22.7 Å². The monoisotopic (exact) mass is 283 g/mol. The number of hydrogen-bond donors (Lipinski definition) is 1. The van der Waals surface area contributed by atoms with Gasteiger partial charge in [0.15, 0.2) is 0 Å². The average molecular weight is 284 g/mol. The molecular weight excluding hydrogens is 262 g/mol. The van der Waals surface area contributed by atoms with Crippen LogP contribution < -0.4 is 15.2 Å². The summed E-state index contributed by atoms with van der Waals surface area (Å²) in [6.07, 6.45) is 5.92. The Hall–Kier alpha value is -0.930. The third kappa shape index (κ3) is 2.67. The van der Waals surface area contributed by atoms with Crippen LogP contribution in [-0.4, -0.2) is 20.8 Å². The van der Waals surface area contributed by atoms with E-state index < -0.39 is 0 Å². The van der Waals surface area contributed by atoms with Gasteiger partial charge in [-0.15, -0.1) is 0 Å².